The van der Waals surface area contributed by atoms with Crippen molar-refractivity contribution in [1.82, 2.24) is 25.1 Å². The molecule has 5 heterocycles. The average Bonchev–Trinajstić information content (AvgIpc) is 3.44. The average molecular weight is 622 g/mol. The van der Waals surface area contributed by atoms with Gasteiger partial charge in [0, 0.05) is 51.5 Å². The molecule has 0 saturated carbocycles. The van der Waals surface area contributed by atoms with Crippen LogP contribution in [0.2, 0.25) is 5.02 Å². The number of rotatable bonds is 7. The Labute approximate surface area is 261 Å². The second kappa shape index (κ2) is 12.6. The topological polar surface area (TPSA) is 94.1 Å². The van der Waals surface area contributed by atoms with Gasteiger partial charge in [-0.05, 0) is 68.8 Å². The summed E-state index contributed by atoms with van der Waals surface area (Å²) in [6.45, 7) is 7.89. The first-order valence-corrected chi connectivity index (χ1v) is 15.5. The number of aromatic nitrogens is 2. The summed E-state index contributed by atoms with van der Waals surface area (Å²) in [5, 5.41) is 3.40. The van der Waals surface area contributed by atoms with Crippen LogP contribution in [0.25, 0.3) is 11.3 Å². The van der Waals surface area contributed by atoms with Crippen molar-refractivity contribution in [3.63, 3.8) is 0 Å². The molecule has 232 valence electrons. The van der Waals surface area contributed by atoms with Crippen LogP contribution in [0.1, 0.15) is 36.3 Å². The molecule has 3 aliphatic rings. The van der Waals surface area contributed by atoms with E-state index in [1.54, 1.807) is 11.1 Å². The summed E-state index contributed by atoms with van der Waals surface area (Å²) in [6.07, 6.45) is 2.98. The fourth-order valence-electron chi connectivity index (χ4n) is 6.40. The fourth-order valence-corrected chi connectivity index (χ4v) is 6.72. The van der Waals surface area contributed by atoms with E-state index in [9.17, 15) is 14.0 Å². The van der Waals surface area contributed by atoms with E-state index in [1.807, 2.05) is 43.1 Å². The van der Waals surface area contributed by atoms with Crippen molar-refractivity contribution in [2.24, 2.45) is 0 Å². The largest absolute Gasteiger partial charge is 0.477 e. The number of nitrogens with one attached hydrogen (secondary N) is 1. The second-order valence-electron chi connectivity index (χ2n) is 11.5. The van der Waals surface area contributed by atoms with Crippen LogP contribution in [0.4, 0.5) is 20.6 Å². The number of piperazine rings is 1. The first-order chi connectivity index (χ1) is 21.3. The summed E-state index contributed by atoms with van der Waals surface area (Å²) < 4.78 is 19.7. The van der Waals surface area contributed by atoms with Gasteiger partial charge in [0.15, 0.2) is 5.69 Å². The van der Waals surface area contributed by atoms with Gasteiger partial charge in [0.05, 0.1) is 40.3 Å². The number of nitrogens with zero attached hydrogens (tertiary/aromatic N) is 6. The summed E-state index contributed by atoms with van der Waals surface area (Å²) in [5.41, 5.74) is 3.72. The number of likely N-dealkylation sites (N-methyl/N-ethyl adjacent to an activating group) is 1. The van der Waals surface area contributed by atoms with E-state index in [1.165, 1.54) is 12.1 Å². The van der Waals surface area contributed by atoms with Crippen LogP contribution in [0.5, 0.6) is 5.88 Å². The molecule has 0 bridgehead atoms. The summed E-state index contributed by atoms with van der Waals surface area (Å²) >= 11 is 6.38. The van der Waals surface area contributed by atoms with Gasteiger partial charge in [-0.2, -0.15) is 0 Å². The molecule has 1 atom stereocenters. The highest BCUT2D eigenvalue weighted by Crippen LogP contribution is 2.37. The minimum Gasteiger partial charge on any atom is -0.477 e. The molecule has 44 heavy (non-hydrogen) atoms. The summed E-state index contributed by atoms with van der Waals surface area (Å²) in [5.74, 6) is -0.165. The number of ether oxygens (including phenoxy) is 1. The number of hydrogen-bond acceptors (Lipinski definition) is 7. The highest BCUT2D eigenvalue weighted by Gasteiger charge is 2.37. The zero-order chi connectivity index (χ0) is 31.0. The Bertz CT molecular complexity index is 1570. The highest BCUT2D eigenvalue weighted by molar-refractivity contribution is 6.34. The van der Waals surface area contributed by atoms with Crippen molar-refractivity contribution in [1.29, 1.82) is 0 Å². The number of urea groups is 1. The molecule has 3 amide bonds. The van der Waals surface area contributed by atoms with Crippen LogP contribution in [-0.2, 0) is 6.42 Å². The Balaban J connectivity index is 1.28. The normalized spacial score (nSPS) is 18.7. The second-order valence-corrected chi connectivity index (χ2v) is 11.9. The Morgan fingerprint density at radius 2 is 1.93 bits per heavy atom. The quantitative estimate of drug-likeness (QED) is 0.416. The van der Waals surface area contributed by atoms with Crippen molar-refractivity contribution in [3.05, 3.63) is 64.7 Å². The third-order valence-corrected chi connectivity index (χ3v) is 8.85. The summed E-state index contributed by atoms with van der Waals surface area (Å²) in [6, 6.07) is 10.1. The molecule has 10 nitrogen and oxygen atoms in total. The fraction of sp³-hybridized carbons (Fsp3) is 0.438. The van der Waals surface area contributed by atoms with Gasteiger partial charge in [0.2, 0.25) is 5.88 Å². The molecule has 0 spiro atoms. The summed E-state index contributed by atoms with van der Waals surface area (Å²) in [7, 11) is 2.02. The predicted molar refractivity (Wildman–Crippen MR) is 168 cm³/mol. The molecule has 3 aromatic rings. The molecule has 2 saturated heterocycles. The Kier molecular flexibility index (Phi) is 8.59. The van der Waals surface area contributed by atoms with Gasteiger partial charge < -0.3 is 24.8 Å². The van der Waals surface area contributed by atoms with E-state index in [2.05, 4.69) is 27.0 Å². The van der Waals surface area contributed by atoms with Crippen molar-refractivity contribution in [2.45, 2.75) is 38.8 Å². The van der Waals surface area contributed by atoms with Crippen molar-refractivity contribution in [2.75, 3.05) is 62.7 Å². The van der Waals surface area contributed by atoms with Gasteiger partial charge in [-0.25, -0.2) is 19.2 Å². The van der Waals surface area contributed by atoms with Gasteiger partial charge in [0.1, 0.15) is 5.82 Å². The van der Waals surface area contributed by atoms with Gasteiger partial charge in [-0.15, -0.1) is 0 Å². The van der Waals surface area contributed by atoms with Gasteiger partial charge in [-0.1, -0.05) is 18.5 Å². The Morgan fingerprint density at radius 1 is 1.11 bits per heavy atom. The van der Waals surface area contributed by atoms with E-state index >= 15 is 0 Å². The number of hydrogen-bond donors (Lipinski definition) is 1. The van der Waals surface area contributed by atoms with Crippen molar-refractivity contribution < 1.29 is 18.7 Å². The monoisotopic (exact) mass is 621 g/mol. The molecule has 0 radical (unpaired) electrons. The lowest BCUT2D eigenvalue weighted by atomic mass is 10.0. The number of likely N-dealkylation sites (tertiary alicyclic amines) is 1. The molecule has 2 fully saturated rings. The van der Waals surface area contributed by atoms with Crippen LogP contribution < -0.4 is 19.9 Å². The predicted octanol–water partition coefficient (Wildman–Crippen LogP) is 4.46. The lowest BCUT2D eigenvalue weighted by Gasteiger charge is -2.44. The lowest BCUT2D eigenvalue weighted by Crippen LogP contribution is -2.58. The van der Waals surface area contributed by atoms with Crippen LogP contribution in [0, 0.1) is 5.82 Å². The first-order valence-electron chi connectivity index (χ1n) is 15.2. The molecular weight excluding hydrogens is 585 g/mol. The number of amides is 3. The lowest BCUT2D eigenvalue weighted by molar-refractivity contribution is 0.0853. The minimum absolute atomic E-state index is 0.0510. The maximum Gasteiger partial charge on any atom is 0.324 e. The molecule has 12 heteroatoms. The Hall–Kier alpha value is -3.96. The van der Waals surface area contributed by atoms with E-state index in [0.29, 0.717) is 67.7 Å². The van der Waals surface area contributed by atoms with Crippen LogP contribution in [-0.4, -0.2) is 96.7 Å². The number of halogens is 2. The molecule has 6 rings (SSSR count). The highest BCUT2D eigenvalue weighted by atomic mass is 35.5. The SMILES string of the molecule is CCOc1ncccc1-c1ccc(N2CCN(C(=O)N3CCc4cc(F)cc(Cl)c43)C[C@H]2CC)c(C(=O)NC2CN(C)C2)n1. The number of carbonyl (C=O) groups excluding carboxylic acids is 2. The molecule has 1 aromatic carbocycles. The van der Waals surface area contributed by atoms with Gasteiger partial charge in [-0.3, -0.25) is 9.69 Å². The van der Waals surface area contributed by atoms with E-state index in [4.69, 9.17) is 21.3 Å². The minimum atomic E-state index is -0.399. The third-order valence-electron chi connectivity index (χ3n) is 8.56. The molecule has 3 aliphatic heterocycles. The zero-order valence-corrected chi connectivity index (χ0v) is 26.0. The molecule has 0 unspecified atom stereocenters. The standard InChI is InChI=1S/C32H37ClFN7O3/c1-4-23-19-39(32(43)41-12-10-20-15-21(34)16-25(33)29(20)41)13-14-40(23)27-9-8-26(24-7-6-11-35-31(24)44-5-2)37-28(27)30(42)36-22-17-38(3)18-22/h6-9,11,15-16,22-23H,4-5,10,12-14,17-19H2,1-3H3,(H,36,42)/t23-/m1/s1. The zero-order valence-electron chi connectivity index (χ0n) is 25.2. The van der Waals surface area contributed by atoms with Gasteiger partial charge in [0.25, 0.3) is 5.91 Å². The molecule has 2 aromatic heterocycles. The van der Waals surface area contributed by atoms with Crippen LogP contribution in [0.15, 0.2) is 42.6 Å². The molecular formula is C32H37ClFN7O3. The molecule has 1 N–H and O–H groups in total. The van der Waals surface area contributed by atoms with Crippen molar-refractivity contribution in [3.8, 4) is 17.1 Å². The van der Waals surface area contributed by atoms with Crippen LogP contribution >= 0.6 is 11.6 Å². The van der Waals surface area contributed by atoms with E-state index in [-0.39, 0.29) is 29.0 Å². The van der Waals surface area contributed by atoms with Crippen LogP contribution in [0.3, 0.4) is 0 Å². The smallest absolute Gasteiger partial charge is 0.324 e. The molecule has 0 aliphatic carbocycles. The summed E-state index contributed by atoms with van der Waals surface area (Å²) in [4.78, 5) is 44.6. The van der Waals surface area contributed by atoms with E-state index in [0.717, 1.165) is 30.8 Å². The number of anilines is 2. The van der Waals surface area contributed by atoms with Gasteiger partial charge >= 0.3 is 6.03 Å². The maximum atomic E-state index is 13.9. The number of benzene rings is 1. The third kappa shape index (κ3) is 5.78. The first kappa shape index (κ1) is 30.1. The Morgan fingerprint density at radius 3 is 2.68 bits per heavy atom. The van der Waals surface area contributed by atoms with E-state index < -0.39 is 5.82 Å². The maximum absolute atomic E-state index is 13.9. The van der Waals surface area contributed by atoms with Crippen molar-refractivity contribution >= 4 is 34.9 Å². The number of carbonyl (C=O) groups is 2. The number of fused-ring (bicyclic) bond motifs is 1. The number of pyridine rings is 2.